The highest BCUT2D eigenvalue weighted by Gasteiger charge is 2.22. The van der Waals surface area contributed by atoms with E-state index in [-0.39, 0.29) is 18.2 Å². The number of ether oxygens (including phenoxy) is 1. The number of likely N-dealkylation sites (N-methyl/N-ethyl adjacent to an activating group) is 1. The third-order valence-corrected chi connectivity index (χ3v) is 3.87. The number of para-hydroxylation sites is 2. The molecular weight excluding hydrogens is 282 g/mol. The van der Waals surface area contributed by atoms with E-state index in [1.807, 2.05) is 12.1 Å². The summed E-state index contributed by atoms with van der Waals surface area (Å²) in [7, 11) is 1.54. The number of nitrogens with one attached hydrogen (secondary N) is 1. The van der Waals surface area contributed by atoms with Crippen molar-refractivity contribution in [3.05, 3.63) is 24.3 Å². The molecule has 6 nitrogen and oxygen atoms in total. The van der Waals surface area contributed by atoms with Crippen molar-refractivity contribution in [2.75, 3.05) is 45.2 Å². The Hall–Kier alpha value is -2.08. The van der Waals surface area contributed by atoms with Gasteiger partial charge in [0, 0.05) is 26.2 Å². The van der Waals surface area contributed by atoms with Crippen molar-refractivity contribution in [1.29, 1.82) is 0 Å². The average Bonchev–Trinajstić information content (AvgIpc) is 2.55. The Morgan fingerprint density at radius 2 is 1.86 bits per heavy atom. The summed E-state index contributed by atoms with van der Waals surface area (Å²) in [6.07, 6.45) is -0.135. The van der Waals surface area contributed by atoms with Gasteiger partial charge in [0.15, 0.2) is 0 Å². The summed E-state index contributed by atoms with van der Waals surface area (Å²) in [6, 6.07) is 7.15. The molecule has 1 aliphatic rings. The summed E-state index contributed by atoms with van der Waals surface area (Å²) in [5.41, 5.74) is 0.582. The molecule has 1 aliphatic heterocycles. The lowest BCUT2D eigenvalue weighted by Crippen LogP contribution is -2.49. The van der Waals surface area contributed by atoms with Gasteiger partial charge in [-0.1, -0.05) is 19.1 Å². The Morgan fingerprint density at radius 3 is 2.50 bits per heavy atom. The van der Waals surface area contributed by atoms with E-state index < -0.39 is 0 Å². The van der Waals surface area contributed by atoms with Gasteiger partial charge < -0.3 is 19.9 Å². The number of methoxy groups -OCH3 is 1. The fourth-order valence-electron chi connectivity index (χ4n) is 2.50. The van der Waals surface area contributed by atoms with Gasteiger partial charge in [0.1, 0.15) is 12.2 Å². The summed E-state index contributed by atoms with van der Waals surface area (Å²) in [4.78, 5) is 28.2. The molecule has 0 bridgehead atoms. The van der Waals surface area contributed by atoms with E-state index in [9.17, 15) is 9.59 Å². The first-order valence-electron chi connectivity index (χ1n) is 7.57. The lowest BCUT2D eigenvalue weighted by Gasteiger charge is -2.34. The molecule has 6 heteroatoms. The number of piperazine rings is 1. The lowest BCUT2D eigenvalue weighted by atomic mass is 10.2. The molecule has 1 N–H and O–H groups in total. The zero-order valence-corrected chi connectivity index (χ0v) is 13.2. The molecule has 1 saturated heterocycles. The van der Waals surface area contributed by atoms with Crippen molar-refractivity contribution in [1.82, 2.24) is 9.80 Å². The number of hydrogen-bond acceptors (Lipinski definition) is 4. The van der Waals surface area contributed by atoms with E-state index in [1.165, 1.54) is 0 Å². The molecule has 2 amide bonds. The molecule has 0 aromatic heterocycles. The molecule has 1 heterocycles. The van der Waals surface area contributed by atoms with Gasteiger partial charge in [0.05, 0.1) is 12.8 Å². The van der Waals surface area contributed by atoms with Crippen LogP contribution in [0.15, 0.2) is 24.3 Å². The maximum Gasteiger partial charge on any atom is 0.233 e. The quantitative estimate of drug-likeness (QED) is 0.830. The topological polar surface area (TPSA) is 61.9 Å². The van der Waals surface area contributed by atoms with Crippen LogP contribution < -0.4 is 10.1 Å². The molecule has 22 heavy (non-hydrogen) atoms. The molecule has 0 unspecified atom stereocenters. The number of hydrogen-bond donors (Lipinski definition) is 1. The Morgan fingerprint density at radius 1 is 1.18 bits per heavy atom. The van der Waals surface area contributed by atoms with Crippen molar-refractivity contribution in [3.8, 4) is 5.75 Å². The van der Waals surface area contributed by atoms with Crippen LogP contribution in [0.1, 0.15) is 13.3 Å². The first kappa shape index (κ1) is 16.3. The zero-order chi connectivity index (χ0) is 15.9. The number of nitrogens with zero attached hydrogens (tertiary/aromatic N) is 2. The first-order chi connectivity index (χ1) is 10.6. The van der Waals surface area contributed by atoms with Gasteiger partial charge >= 0.3 is 0 Å². The fourth-order valence-corrected chi connectivity index (χ4v) is 2.50. The second kappa shape index (κ2) is 7.79. The van der Waals surface area contributed by atoms with E-state index >= 15 is 0 Å². The largest absolute Gasteiger partial charge is 0.495 e. The minimum absolute atomic E-state index is 0.122. The van der Waals surface area contributed by atoms with Crippen LogP contribution >= 0.6 is 0 Å². The number of amides is 2. The predicted molar refractivity (Wildman–Crippen MR) is 84.9 cm³/mol. The summed E-state index contributed by atoms with van der Waals surface area (Å²) < 4.78 is 5.18. The standard InChI is InChI=1S/C16H23N3O3/c1-3-18-8-10-19(11-9-18)16(21)12-15(20)17-13-6-4-5-7-14(13)22-2/h4-7H,3,8-12H2,1-2H3,(H,17,20). The Bertz CT molecular complexity index is 525. The summed E-state index contributed by atoms with van der Waals surface area (Å²) in [5.74, 6) is 0.149. The van der Waals surface area contributed by atoms with Crippen molar-refractivity contribution in [3.63, 3.8) is 0 Å². The second-order valence-electron chi connectivity index (χ2n) is 5.24. The van der Waals surface area contributed by atoms with E-state index in [0.717, 1.165) is 19.6 Å². The smallest absolute Gasteiger partial charge is 0.233 e. The molecule has 0 aliphatic carbocycles. The predicted octanol–water partition coefficient (Wildman–Crippen LogP) is 1.19. The van der Waals surface area contributed by atoms with Crippen LogP contribution in [0.3, 0.4) is 0 Å². The van der Waals surface area contributed by atoms with E-state index in [4.69, 9.17) is 4.74 Å². The van der Waals surface area contributed by atoms with Crippen LogP contribution in [0.5, 0.6) is 5.75 Å². The number of benzene rings is 1. The third-order valence-electron chi connectivity index (χ3n) is 3.87. The highest BCUT2D eigenvalue weighted by molar-refractivity contribution is 6.04. The number of anilines is 1. The first-order valence-corrected chi connectivity index (χ1v) is 7.57. The third kappa shape index (κ3) is 4.21. The van der Waals surface area contributed by atoms with Crippen LogP contribution in [0.2, 0.25) is 0 Å². The normalized spacial score (nSPS) is 15.5. The van der Waals surface area contributed by atoms with Gasteiger partial charge in [0.2, 0.25) is 11.8 Å². The van der Waals surface area contributed by atoms with Gasteiger partial charge in [-0.2, -0.15) is 0 Å². The summed E-state index contributed by atoms with van der Waals surface area (Å²) in [6.45, 7) is 6.23. The molecule has 0 saturated carbocycles. The molecule has 1 aromatic carbocycles. The van der Waals surface area contributed by atoms with Crippen LogP contribution in [-0.2, 0) is 9.59 Å². The highest BCUT2D eigenvalue weighted by atomic mass is 16.5. The summed E-state index contributed by atoms with van der Waals surface area (Å²) >= 11 is 0. The molecule has 0 atom stereocenters. The molecular formula is C16H23N3O3. The minimum Gasteiger partial charge on any atom is -0.495 e. The van der Waals surface area contributed by atoms with E-state index in [1.54, 1.807) is 24.1 Å². The van der Waals surface area contributed by atoms with Gasteiger partial charge in [0.25, 0.3) is 0 Å². The van der Waals surface area contributed by atoms with E-state index in [0.29, 0.717) is 24.5 Å². The van der Waals surface area contributed by atoms with Gasteiger partial charge in [-0.15, -0.1) is 0 Å². The maximum absolute atomic E-state index is 12.2. The number of carbonyl (C=O) groups is 2. The van der Waals surface area contributed by atoms with Crippen LogP contribution in [0.25, 0.3) is 0 Å². The molecule has 1 aromatic rings. The van der Waals surface area contributed by atoms with Crippen molar-refractivity contribution in [2.45, 2.75) is 13.3 Å². The average molecular weight is 305 g/mol. The highest BCUT2D eigenvalue weighted by Crippen LogP contribution is 2.23. The lowest BCUT2D eigenvalue weighted by molar-refractivity contribution is -0.136. The Balaban J connectivity index is 1.85. The monoisotopic (exact) mass is 305 g/mol. The fraction of sp³-hybridized carbons (Fsp3) is 0.500. The molecule has 120 valence electrons. The summed E-state index contributed by atoms with van der Waals surface area (Å²) in [5, 5.41) is 2.73. The van der Waals surface area contributed by atoms with Crippen LogP contribution in [0.4, 0.5) is 5.69 Å². The molecule has 1 fully saturated rings. The van der Waals surface area contributed by atoms with Gasteiger partial charge in [-0.25, -0.2) is 0 Å². The Kier molecular flexibility index (Phi) is 5.77. The van der Waals surface area contributed by atoms with Crippen molar-refractivity contribution in [2.24, 2.45) is 0 Å². The zero-order valence-electron chi connectivity index (χ0n) is 13.2. The van der Waals surface area contributed by atoms with Crippen LogP contribution in [-0.4, -0.2) is 61.4 Å². The van der Waals surface area contributed by atoms with E-state index in [2.05, 4.69) is 17.1 Å². The Labute approximate surface area is 131 Å². The van der Waals surface area contributed by atoms with Gasteiger partial charge in [-0.3, -0.25) is 9.59 Å². The molecule has 0 spiro atoms. The molecule has 2 rings (SSSR count). The number of rotatable bonds is 5. The minimum atomic E-state index is -0.313. The maximum atomic E-state index is 12.2. The molecule has 0 radical (unpaired) electrons. The second-order valence-corrected chi connectivity index (χ2v) is 5.24. The van der Waals surface area contributed by atoms with Crippen molar-refractivity contribution >= 4 is 17.5 Å². The number of carbonyl (C=O) groups excluding carboxylic acids is 2. The van der Waals surface area contributed by atoms with Gasteiger partial charge in [-0.05, 0) is 18.7 Å². The SMILES string of the molecule is CCN1CCN(C(=O)CC(=O)Nc2ccccc2OC)CC1. The van der Waals surface area contributed by atoms with Crippen LogP contribution in [0, 0.1) is 0 Å². The van der Waals surface area contributed by atoms with Crippen molar-refractivity contribution < 1.29 is 14.3 Å².